The normalized spacial score (nSPS) is 10.1. The molecule has 6 heteroatoms. The van der Waals surface area contributed by atoms with Gasteiger partial charge in [0.15, 0.2) is 6.20 Å². The minimum absolute atomic E-state index is 0.161. The van der Waals surface area contributed by atoms with E-state index in [9.17, 15) is 4.79 Å². The summed E-state index contributed by atoms with van der Waals surface area (Å²) in [5, 5.41) is 12.4. The second-order valence-electron chi connectivity index (χ2n) is 2.84. The molecule has 0 bridgehead atoms. The summed E-state index contributed by atoms with van der Waals surface area (Å²) in [6.07, 6.45) is 6.07. The van der Waals surface area contributed by atoms with Gasteiger partial charge in [0, 0.05) is 6.07 Å². The summed E-state index contributed by atoms with van der Waals surface area (Å²) in [5.41, 5.74) is 0.710. The lowest BCUT2D eigenvalue weighted by atomic mass is 10.3. The zero-order valence-electron chi connectivity index (χ0n) is 7.70. The minimum atomic E-state index is -0.934. The standard InChI is InChI=1S/C9H7N3O3/c13-8(14)6-12-3-1-7(5-11-12)9-10-2-4-15-9/h1-5H,6H2/p+1. The van der Waals surface area contributed by atoms with Crippen LogP contribution in [-0.4, -0.2) is 21.2 Å². The second-order valence-corrected chi connectivity index (χ2v) is 2.84. The molecule has 0 saturated carbocycles. The van der Waals surface area contributed by atoms with Crippen molar-refractivity contribution in [3.05, 3.63) is 30.9 Å². The van der Waals surface area contributed by atoms with Gasteiger partial charge in [0.05, 0.1) is 11.8 Å². The molecule has 0 unspecified atom stereocenters. The summed E-state index contributed by atoms with van der Waals surface area (Å²) < 4.78 is 6.38. The molecule has 0 spiro atoms. The van der Waals surface area contributed by atoms with E-state index in [1.54, 1.807) is 12.3 Å². The highest BCUT2D eigenvalue weighted by Gasteiger charge is 2.10. The van der Waals surface area contributed by atoms with Crippen molar-refractivity contribution < 1.29 is 19.0 Å². The van der Waals surface area contributed by atoms with Crippen molar-refractivity contribution in [2.24, 2.45) is 0 Å². The van der Waals surface area contributed by atoms with Crippen molar-refractivity contribution in [2.45, 2.75) is 6.54 Å². The topological polar surface area (TPSA) is 80.1 Å². The molecule has 2 rings (SSSR count). The van der Waals surface area contributed by atoms with E-state index in [1.165, 1.54) is 23.3 Å². The maximum absolute atomic E-state index is 10.4. The fourth-order valence-electron chi connectivity index (χ4n) is 1.11. The number of hydrogen-bond acceptors (Lipinski definition) is 4. The first kappa shape index (κ1) is 9.32. The van der Waals surface area contributed by atoms with Crippen molar-refractivity contribution >= 4 is 5.97 Å². The number of aliphatic carboxylic acids is 1. The van der Waals surface area contributed by atoms with Gasteiger partial charge in [-0.25, -0.2) is 9.78 Å². The highest BCUT2D eigenvalue weighted by Crippen LogP contribution is 2.12. The number of aromatic nitrogens is 3. The van der Waals surface area contributed by atoms with E-state index < -0.39 is 5.97 Å². The highest BCUT2D eigenvalue weighted by molar-refractivity contribution is 5.64. The Bertz CT molecular complexity index is 450. The van der Waals surface area contributed by atoms with E-state index in [0.717, 1.165) is 0 Å². The van der Waals surface area contributed by atoms with Crippen LogP contribution < -0.4 is 4.68 Å². The fourth-order valence-corrected chi connectivity index (χ4v) is 1.11. The average Bonchev–Trinajstić information content (AvgIpc) is 2.71. The summed E-state index contributed by atoms with van der Waals surface area (Å²) in [6, 6.07) is 1.70. The Hall–Kier alpha value is -2.24. The maximum Gasteiger partial charge on any atom is 0.372 e. The molecule has 2 aromatic rings. The predicted octanol–water partition coefficient (Wildman–Crippen LogP) is 0.109. The third kappa shape index (κ3) is 2.16. The van der Waals surface area contributed by atoms with Crippen LogP contribution in [0.3, 0.4) is 0 Å². The molecular weight excluding hydrogens is 198 g/mol. The summed E-state index contributed by atoms with van der Waals surface area (Å²) in [5.74, 6) is -0.471. The molecule has 0 radical (unpaired) electrons. The zero-order chi connectivity index (χ0) is 10.7. The lowest BCUT2D eigenvalue weighted by molar-refractivity contribution is -0.743. The molecule has 0 atom stereocenters. The molecule has 0 fully saturated rings. The van der Waals surface area contributed by atoms with Gasteiger partial charge in [-0.2, -0.15) is 0 Å². The van der Waals surface area contributed by atoms with E-state index >= 15 is 0 Å². The van der Waals surface area contributed by atoms with Crippen molar-refractivity contribution in [1.82, 2.24) is 10.1 Å². The van der Waals surface area contributed by atoms with Gasteiger partial charge >= 0.3 is 5.97 Å². The smallest absolute Gasteiger partial charge is 0.372 e. The Balaban J connectivity index is 2.21. The highest BCUT2D eigenvalue weighted by atomic mass is 16.4. The Kier molecular flexibility index (Phi) is 2.40. The lowest BCUT2D eigenvalue weighted by Gasteiger charge is -1.92. The molecule has 2 aromatic heterocycles. The lowest BCUT2D eigenvalue weighted by Crippen LogP contribution is -2.40. The monoisotopic (exact) mass is 206 g/mol. The van der Waals surface area contributed by atoms with Gasteiger partial charge in [0.25, 0.3) is 6.54 Å². The van der Waals surface area contributed by atoms with Crippen LogP contribution in [0.4, 0.5) is 0 Å². The predicted molar refractivity (Wildman–Crippen MR) is 47.6 cm³/mol. The van der Waals surface area contributed by atoms with E-state index in [0.29, 0.717) is 11.5 Å². The molecule has 0 aliphatic heterocycles. The quantitative estimate of drug-likeness (QED) is 0.721. The number of carboxylic acids is 1. The van der Waals surface area contributed by atoms with Crippen LogP contribution >= 0.6 is 0 Å². The zero-order valence-corrected chi connectivity index (χ0v) is 7.70. The molecule has 2 heterocycles. The van der Waals surface area contributed by atoms with E-state index in [-0.39, 0.29) is 6.54 Å². The Morgan fingerprint density at radius 1 is 1.60 bits per heavy atom. The number of nitrogens with zero attached hydrogens (tertiary/aromatic N) is 3. The Labute approximate surface area is 84.8 Å². The minimum Gasteiger partial charge on any atom is -0.476 e. The summed E-state index contributed by atoms with van der Waals surface area (Å²) >= 11 is 0. The number of rotatable bonds is 3. The molecule has 76 valence electrons. The summed E-state index contributed by atoms with van der Waals surface area (Å²) in [6.45, 7) is -0.161. The third-order valence-corrected chi connectivity index (χ3v) is 1.75. The molecule has 0 saturated heterocycles. The van der Waals surface area contributed by atoms with Gasteiger partial charge in [-0.05, 0) is 5.10 Å². The van der Waals surface area contributed by atoms with Gasteiger partial charge in [0.1, 0.15) is 12.5 Å². The van der Waals surface area contributed by atoms with Crippen LogP contribution in [0.1, 0.15) is 0 Å². The van der Waals surface area contributed by atoms with Crippen LogP contribution in [0.25, 0.3) is 11.5 Å². The van der Waals surface area contributed by atoms with Gasteiger partial charge in [0.2, 0.25) is 5.89 Å². The van der Waals surface area contributed by atoms with Gasteiger partial charge in [-0.1, -0.05) is 4.68 Å². The molecule has 0 aliphatic carbocycles. The summed E-state index contributed by atoms with van der Waals surface area (Å²) in [7, 11) is 0. The Morgan fingerprint density at radius 2 is 2.47 bits per heavy atom. The molecule has 0 aliphatic rings. The van der Waals surface area contributed by atoms with Crippen LogP contribution in [0.15, 0.2) is 35.3 Å². The number of oxazole rings is 1. The first-order valence-electron chi connectivity index (χ1n) is 4.23. The van der Waals surface area contributed by atoms with E-state index in [4.69, 9.17) is 9.52 Å². The number of carboxylic acid groups (broad SMARTS) is 1. The molecular formula is C9H8N3O3+. The molecule has 1 N–H and O–H groups in total. The van der Waals surface area contributed by atoms with Gasteiger partial charge < -0.3 is 9.52 Å². The first-order chi connectivity index (χ1) is 7.25. The number of hydrogen-bond donors (Lipinski definition) is 1. The largest absolute Gasteiger partial charge is 0.476 e. The van der Waals surface area contributed by atoms with Gasteiger partial charge in [-0.3, -0.25) is 0 Å². The van der Waals surface area contributed by atoms with Crippen LogP contribution in [-0.2, 0) is 11.3 Å². The fraction of sp³-hybridized carbons (Fsp3) is 0.111. The summed E-state index contributed by atoms with van der Waals surface area (Å²) in [4.78, 5) is 14.3. The van der Waals surface area contributed by atoms with Crippen molar-refractivity contribution in [3.8, 4) is 11.5 Å². The SMILES string of the molecule is O=C(O)C[n+]1ccc(-c2ncco2)cn1. The van der Waals surface area contributed by atoms with E-state index in [2.05, 4.69) is 10.1 Å². The molecule has 15 heavy (non-hydrogen) atoms. The first-order valence-corrected chi connectivity index (χ1v) is 4.23. The second kappa shape index (κ2) is 3.87. The third-order valence-electron chi connectivity index (χ3n) is 1.75. The van der Waals surface area contributed by atoms with E-state index in [1.807, 2.05) is 0 Å². The Morgan fingerprint density at radius 3 is 3.00 bits per heavy atom. The maximum atomic E-state index is 10.4. The van der Waals surface area contributed by atoms with Crippen molar-refractivity contribution in [2.75, 3.05) is 0 Å². The number of carbonyl (C=O) groups is 1. The van der Waals surface area contributed by atoms with Gasteiger partial charge in [-0.15, -0.1) is 0 Å². The van der Waals surface area contributed by atoms with Crippen molar-refractivity contribution in [1.29, 1.82) is 0 Å². The van der Waals surface area contributed by atoms with Crippen LogP contribution in [0, 0.1) is 0 Å². The molecule has 0 amide bonds. The average molecular weight is 206 g/mol. The van der Waals surface area contributed by atoms with Crippen molar-refractivity contribution in [3.63, 3.8) is 0 Å². The molecule has 0 aromatic carbocycles. The van der Waals surface area contributed by atoms with Crippen LogP contribution in [0.5, 0.6) is 0 Å². The molecule has 6 nitrogen and oxygen atoms in total. The van der Waals surface area contributed by atoms with Crippen LogP contribution in [0.2, 0.25) is 0 Å².